The highest BCUT2D eigenvalue weighted by Gasteiger charge is 2.59. The minimum Gasteiger partial charge on any atom is -0.393 e. The van der Waals surface area contributed by atoms with Crippen LogP contribution in [0.1, 0.15) is 120 Å². The van der Waals surface area contributed by atoms with Crippen LogP contribution < -0.4 is 17.0 Å². The highest BCUT2D eigenvalue weighted by atomic mass is 16.3. The normalized spacial score (nSPS) is 40.5. The van der Waals surface area contributed by atoms with Crippen LogP contribution in [0.5, 0.6) is 0 Å². The van der Waals surface area contributed by atoms with E-state index in [4.69, 9.17) is 11.6 Å². The van der Waals surface area contributed by atoms with Crippen LogP contribution in [0.15, 0.2) is 4.99 Å². The fourth-order valence-electron chi connectivity index (χ4n) is 9.20. The molecule has 35 heavy (non-hydrogen) atoms. The Hall–Kier alpha value is -0.810. The number of nitrogens with one attached hydrogen (secondary N) is 1. The second-order valence-electron chi connectivity index (χ2n) is 13.8. The number of hydrazine groups is 1. The molecular formula is C30H58N4O. The van der Waals surface area contributed by atoms with Crippen molar-refractivity contribution < 1.29 is 5.11 Å². The molecule has 0 aliphatic heterocycles. The first-order valence-corrected chi connectivity index (χ1v) is 14.9. The van der Waals surface area contributed by atoms with Crippen molar-refractivity contribution in [3.63, 3.8) is 0 Å². The summed E-state index contributed by atoms with van der Waals surface area (Å²) < 4.78 is 0. The van der Waals surface area contributed by atoms with E-state index in [2.05, 4.69) is 52.0 Å². The Balaban J connectivity index is 0.00000167. The van der Waals surface area contributed by atoms with Crippen LogP contribution in [-0.2, 0) is 0 Å². The molecule has 5 nitrogen and oxygen atoms in total. The lowest BCUT2D eigenvalue weighted by Gasteiger charge is -2.60. The third-order valence-corrected chi connectivity index (χ3v) is 12.1. The second-order valence-corrected chi connectivity index (χ2v) is 13.8. The van der Waals surface area contributed by atoms with Gasteiger partial charge in [0.15, 0.2) is 0 Å². The number of aliphatic hydroxyl groups is 1. The van der Waals surface area contributed by atoms with Crippen LogP contribution in [0.25, 0.3) is 0 Å². The van der Waals surface area contributed by atoms with Gasteiger partial charge in [-0.15, -0.1) is 0 Å². The molecule has 0 aromatic heterocycles. The number of hydrogen-bond donors (Lipinski definition) is 4. The van der Waals surface area contributed by atoms with E-state index in [-0.39, 0.29) is 23.0 Å². The fraction of sp³-hybridized carbons (Fsp3) is 0.967. The van der Waals surface area contributed by atoms with Gasteiger partial charge in [0.25, 0.3) is 0 Å². The summed E-state index contributed by atoms with van der Waals surface area (Å²) in [7, 11) is 0. The average Bonchev–Trinajstić information content (AvgIpc) is 3.22. The highest BCUT2D eigenvalue weighted by molar-refractivity contribution is 5.77. The van der Waals surface area contributed by atoms with E-state index in [0.717, 1.165) is 36.0 Å². The maximum atomic E-state index is 11.4. The van der Waals surface area contributed by atoms with Crippen LogP contribution >= 0.6 is 0 Å². The molecule has 0 amide bonds. The number of hydrogen-bond acceptors (Lipinski definition) is 3. The van der Waals surface area contributed by atoms with Gasteiger partial charge in [0.05, 0.1) is 12.1 Å². The standard InChI is InChI=1S/C28H52N4O.C2H6/c1-17(31-25(29)32-30)27(4,5)26(2,3)16-18-10-11-21-20(18)12-13-22-24(21)23(33)15-19-9-7-8-14-28(19,22)6;1-2/h17-24,33H,7-16,30H2,1-6H3,(H3,29,31,32);1-2H3/t17?,18?,19?,20?,21?,22?,23-,24?,28?;/m1./s1. The van der Waals surface area contributed by atoms with E-state index in [1.54, 1.807) is 0 Å². The van der Waals surface area contributed by atoms with Gasteiger partial charge in [-0.1, -0.05) is 61.3 Å². The first-order chi connectivity index (χ1) is 16.4. The number of aliphatic imine (C=N–C) groups is 1. The number of nitrogens with zero attached hydrogens (tertiary/aromatic N) is 1. The van der Waals surface area contributed by atoms with Gasteiger partial charge in [-0.3, -0.25) is 5.43 Å². The molecule has 0 bridgehead atoms. The largest absolute Gasteiger partial charge is 0.393 e. The van der Waals surface area contributed by atoms with Crippen LogP contribution in [0.4, 0.5) is 0 Å². The zero-order chi connectivity index (χ0) is 26.2. The van der Waals surface area contributed by atoms with Crippen LogP contribution in [0, 0.1) is 51.8 Å². The quantitative estimate of drug-likeness (QED) is 0.158. The zero-order valence-electron chi connectivity index (χ0n) is 24.2. The summed E-state index contributed by atoms with van der Waals surface area (Å²) in [6.07, 6.45) is 13.1. The number of aliphatic hydroxyl groups excluding tert-OH is 1. The van der Waals surface area contributed by atoms with Gasteiger partial charge in [0, 0.05) is 0 Å². The smallest absolute Gasteiger partial charge is 0.203 e. The predicted octanol–water partition coefficient (Wildman–Crippen LogP) is 6.25. The lowest BCUT2D eigenvalue weighted by atomic mass is 9.46. The van der Waals surface area contributed by atoms with Gasteiger partial charge in [-0.2, -0.15) is 0 Å². The number of rotatable bonds is 5. The molecular weight excluding hydrogens is 432 g/mol. The summed E-state index contributed by atoms with van der Waals surface area (Å²) in [6, 6.07) is 0.0832. The molecule has 4 saturated carbocycles. The maximum absolute atomic E-state index is 11.4. The highest BCUT2D eigenvalue weighted by Crippen LogP contribution is 2.65. The summed E-state index contributed by atoms with van der Waals surface area (Å²) in [5, 5.41) is 11.4. The van der Waals surface area contributed by atoms with Crippen LogP contribution in [0.2, 0.25) is 0 Å². The minimum absolute atomic E-state index is 0.00307. The molecule has 0 heterocycles. The average molecular weight is 491 g/mol. The first kappa shape index (κ1) is 28.8. The summed E-state index contributed by atoms with van der Waals surface area (Å²) in [6.45, 7) is 18.3. The molecule has 0 aromatic carbocycles. The zero-order valence-corrected chi connectivity index (χ0v) is 24.2. The summed E-state index contributed by atoms with van der Waals surface area (Å²) in [5.74, 6) is 10.1. The van der Waals surface area contributed by atoms with Crippen molar-refractivity contribution in [3.05, 3.63) is 0 Å². The predicted molar refractivity (Wildman–Crippen MR) is 149 cm³/mol. The Morgan fingerprint density at radius 1 is 1.06 bits per heavy atom. The molecule has 4 fully saturated rings. The molecule has 5 heteroatoms. The topological polar surface area (TPSA) is 96.7 Å². The van der Waals surface area contributed by atoms with E-state index in [0.29, 0.717) is 17.3 Å². The molecule has 4 rings (SSSR count). The Morgan fingerprint density at radius 2 is 1.71 bits per heavy atom. The van der Waals surface area contributed by atoms with Gasteiger partial charge in [0.2, 0.25) is 5.96 Å². The van der Waals surface area contributed by atoms with Gasteiger partial charge >= 0.3 is 0 Å². The fourth-order valence-corrected chi connectivity index (χ4v) is 9.20. The van der Waals surface area contributed by atoms with Crippen molar-refractivity contribution in [2.75, 3.05) is 0 Å². The second kappa shape index (κ2) is 10.9. The summed E-state index contributed by atoms with van der Waals surface area (Å²) in [4.78, 5) is 4.62. The van der Waals surface area contributed by atoms with Crippen molar-refractivity contribution in [3.8, 4) is 0 Å². The Bertz CT molecular complexity index is 734. The molecule has 6 N–H and O–H groups in total. The Kier molecular flexibility index (Phi) is 8.95. The Labute approximate surface area is 216 Å². The van der Waals surface area contributed by atoms with E-state index >= 15 is 0 Å². The minimum atomic E-state index is -0.0664. The van der Waals surface area contributed by atoms with Crippen molar-refractivity contribution >= 4 is 5.96 Å². The molecule has 204 valence electrons. The van der Waals surface area contributed by atoms with Gasteiger partial charge in [-0.25, -0.2) is 10.8 Å². The van der Waals surface area contributed by atoms with E-state index in [1.165, 1.54) is 57.8 Å². The lowest BCUT2D eigenvalue weighted by molar-refractivity contribution is -0.146. The first-order valence-electron chi connectivity index (χ1n) is 14.9. The third-order valence-electron chi connectivity index (χ3n) is 12.1. The van der Waals surface area contributed by atoms with Crippen molar-refractivity contribution in [2.45, 2.75) is 132 Å². The molecule has 4 aliphatic rings. The number of nitrogens with two attached hydrogens (primary N) is 2. The lowest BCUT2D eigenvalue weighted by Crippen LogP contribution is -2.55. The Morgan fingerprint density at radius 3 is 2.37 bits per heavy atom. The van der Waals surface area contributed by atoms with Crippen molar-refractivity contribution in [1.82, 2.24) is 5.43 Å². The summed E-state index contributed by atoms with van der Waals surface area (Å²) >= 11 is 0. The molecule has 0 aromatic rings. The summed E-state index contributed by atoms with van der Waals surface area (Å²) in [5.41, 5.74) is 8.99. The molecule has 8 unspecified atom stereocenters. The van der Waals surface area contributed by atoms with Gasteiger partial charge in [-0.05, 0) is 110 Å². The van der Waals surface area contributed by atoms with Crippen LogP contribution in [0.3, 0.4) is 0 Å². The number of guanidine groups is 1. The van der Waals surface area contributed by atoms with E-state index in [9.17, 15) is 5.11 Å². The number of fused-ring (bicyclic) bond motifs is 5. The maximum Gasteiger partial charge on any atom is 0.203 e. The molecule has 0 radical (unpaired) electrons. The molecule has 0 saturated heterocycles. The molecule has 4 aliphatic carbocycles. The van der Waals surface area contributed by atoms with Crippen molar-refractivity contribution in [2.24, 2.45) is 68.3 Å². The molecule has 0 spiro atoms. The van der Waals surface area contributed by atoms with E-state index < -0.39 is 0 Å². The van der Waals surface area contributed by atoms with Gasteiger partial charge < -0.3 is 10.8 Å². The van der Waals surface area contributed by atoms with Gasteiger partial charge in [0.1, 0.15) is 0 Å². The third kappa shape index (κ3) is 5.15. The molecule has 9 atom stereocenters. The van der Waals surface area contributed by atoms with Crippen LogP contribution in [-0.4, -0.2) is 23.2 Å². The monoisotopic (exact) mass is 490 g/mol. The van der Waals surface area contributed by atoms with E-state index in [1.807, 2.05) is 13.8 Å². The van der Waals surface area contributed by atoms with Crippen molar-refractivity contribution in [1.29, 1.82) is 0 Å². The SMILES string of the molecule is CC.CC(N=C(N)NN)C(C)(C)C(C)(C)CC1CCC2C1CCC1C2[C@H](O)CC2CCCCC21C.